The van der Waals surface area contributed by atoms with E-state index in [-0.39, 0.29) is 6.54 Å². The van der Waals surface area contributed by atoms with Gasteiger partial charge in [0.15, 0.2) is 0 Å². The van der Waals surface area contributed by atoms with Gasteiger partial charge in [-0.15, -0.1) is 0 Å². The summed E-state index contributed by atoms with van der Waals surface area (Å²) in [5.74, 6) is 0.599. The lowest BCUT2D eigenvalue weighted by atomic mass is 10.0. The maximum atomic E-state index is 12.7. The third kappa shape index (κ3) is 5.15. The van der Waals surface area contributed by atoms with Crippen LogP contribution >= 0.6 is 0 Å². The van der Waals surface area contributed by atoms with E-state index in [1.807, 2.05) is 0 Å². The number of hydrogen-bond donors (Lipinski definition) is 1. The highest BCUT2D eigenvalue weighted by Crippen LogP contribution is 2.29. The van der Waals surface area contributed by atoms with Crippen molar-refractivity contribution in [3.8, 4) is 0 Å². The molecule has 0 saturated heterocycles. The van der Waals surface area contributed by atoms with Gasteiger partial charge in [0.25, 0.3) is 0 Å². The molecule has 1 unspecified atom stereocenters. The molecule has 6 heteroatoms. The van der Waals surface area contributed by atoms with Crippen LogP contribution in [0, 0.1) is 6.92 Å². The first-order valence-electron chi connectivity index (χ1n) is 6.57. The normalized spacial score (nSPS) is 13.1. The van der Waals surface area contributed by atoms with Crippen molar-refractivity contribution in [3.63, 3.8) is 0 Å². The van der Waals surface area contributed by atoms with E-state index < -0.39 is 18.6 Å². The average molecular weight is 295 g/mol. The van der Waals surface area contributed by atoms with Crippen molar-refractivity contribution in [2.45, 2.75) is 32.1 Å². The van der Waals surface area contributed by atoms with Crippen LogP contribution in [0.15, 0.2) is 42.6 Å². The Morgan fingerprint density at radius 3 is 2.48 bits per heavy atom. The zero-order chi connectivity index (χ0) is 15.3. The Hall–Kier alpha value is -1.95. The fourth-order valence-corrected chi connectivity index (χ4v) is 2.06. The second kappa shape index (κ2) is 6.67. The summed E-state index contributed by atoms with van der Waals surface area (Å²) >= 11 is 0. The van der Waals surface area contributed by atoms with Gasteiger partial charge >= 0.3 is 6.18 Å². The minimum atomic E-state index is -4.23. The molecule has 112 valence electrons. The minimum Gasteiger partial charge on any atom is -0.304 e. The third-order valence-electron chi connectivity index (χ3n) is 3.00. The van der Waals surface area contributed by atoms with E-state index in [0.717, 1.165) is 0 Å². The molecular formula is C15H16F3N3. The van der Waals surface area contributed by atoms with Gasteiger partial charge in [0.2, 0.25) is 0 Å². The molecule has 0 aliphatic rings. The lowest BCUT2D eigenvalue weighted by molar-refractivity contribution is -0.140. The monoisotopic (exact) mass is 295 g/mol. The Labute approximate surface area is 121 Å². The summed E-state index contributed by atoms with van der Waals surface area (Å²) in [5.41, 5.74) is 1.28. The van der Waals surface area contributed by atoms with Crippen molar-refractivity contribution in [1.82, 2.24) is 15.3 Å². The van der Waals surface area contributed by atoms with Gasteiger partial charge in [0.1, 0.15) is 5.82 Å². The Bertz CT molecular complexity index is 570. The van der Waals surface area contributed by atoms with Crippen LogP contribution in [0.5, 0.6) is 0 Å². The van der Waals surface area contributed by atoms with Crippen molar-refractivity contribution >= 4 is 0 Å². The maximum Gasteiger partial charge on any atom is 0.390 e. The van der Waals surface area contributed by atoms with Crippen LogP contribution < -0.4 is 5.32 Å². The van der Waals surface area contributed by atoms with E-state index >= 15 is 0 Å². The molecule has 0 amide bonds. The lowest BCUT2D eigenvalue weighted by Gasteiger charge is -2.20. The quantitative estimate of drug-likeness (QED) is 0.916. The van der Waals surface area contributed by atoms with Gasteiger partial charge in [-0.1, -0.05) is 30.3 Å². The molecule has 2 aromatic rings. The van der Waals surface area contributed by atoms with Crippen molar-refractivity contribution in [2.75, 3.05) is 0 Å². The molecule has 0 fully saturated rings. The molecule has 1 heterocycles. The number of aryl methyl sites for hydroxylation is 1. The first kappa shape index (κ1) is 15.4. The molecule has 2 rings (SSSR count). The molecule has 0 aliphatic carbocycles. The number of hydrogen-bond acceptors (Lipinski definition) is 3. The first-order chi connectivity index (χ1) is 9.94. The third-order valence-corrected chi connectivity index (χ3v) is 3.00. The van der Waals surface area contributed by atoms with Gasteiger partial charge in [-0.25, -0.2) is 9.97 Å². The molecule has 0 aliphatic heterocycles. The molecule has 0 bridgehead atoms. The predicted molar refractivity (Wildman–Crippen MR) is 73.5 cm³/mol. The molecule has 0 radical (unpaired) electrons. The van der Waals surface area contributed by atoms with E-state index in [9.17, 15) is 13.2 Å². The molecule has 1 N–H and O–H groups in total. The van der Waals surface area contributed by atoms with Gasteiger partial charge in [-0.05, 0) is 18.6 Å². The highest BCUT2D eigenvalue weighted by Gasteiger charge is 2.32. The maximum absolute atomic E-state index is 12.7. The summed E-state index contributed by atoms with van der Waals surface area (Å²) in [6.07, 6.45) is -3.54. The molecule has 3 nitrogen and oxygen atoms in total. The van der Waals surface area contributed by atoms with Crippen molar-refractivity contribution < 1.29 is 13.2 Å². The fourth-order valence-electron chi connectivity index (χ4n) is 2.06. The Kier molecular flexibility index (Phi) is 4.90. The van der Waals surface area contributed by atoms with Gasteiger partial charge in [-0.3, -0.25) is 0 Å². The Morgan fingerprint density at radius 2 is 1.86 bits per heavy atom. The second-order valence-corrected chi connectivity index (χ2v) is 4.76. The predicted octanol–water partition coefficient (Wildman–Crippen LogP) is 3.57. The van der Waals surface area contributed by atoms with Gasteiger partial charge in [0.05, 0.1) is 12.1 Å². The van der Waals surface area contributed by atoms with Gasteiger partial charge in [0, 0.05) is 18.8 Å². The number of nitrogens with zero attached hydrogens (tertiary/aromatic N) is 2. The number of rotatable bonds is 5. The van der Waals surface area contributed by atoms with Crippen LogP contribution in [0.4, 0.5) is 13.2 Å². The molecule has 1 aromatic heterocycles. The fraction of sp³-hybridized carbons (Fsp3) is 0.333. The van der Waals surface area contributed by atoms with Crippen LogP contribution in [0.25, 0.3) is 0 Å². The summed E-state index contributed by atoms with van der Waals surface area (Å²) in [6, 6.07) is 9.52. The lowest BCUT2D eigenvalue weighted by Crippen LogP contribution is -2.26. The highest BCUT2D eigenvalue weighted by atomic mass is 19.4. The molecule has 21 heavy (non-hydrogen) atoms. The van der Waals surface area contributed by atoms with Crippen molar-refractivity contribution in [1.29, 1.82) is 0 Å². The number of aromatic nitrogens is 2. The molecule has 1 atom stereocenters. The van der Waals surface area contributed by atoms with E-state index in [1.54, 1.807) is 49.5 Å². The summed E-state index contributed by atoms with van der Waals surface area (Å²) in [5, 5.41) is 2.93. The van der Waals surface area contributed by atoms with E-state index in [1.165, 1.54) is 0 Å². The largest absolute Gasteiger partial charge is 0.390 e. The Balaban J connectivity index is 2.09. The zero-order valence-electron chi connectivity index (χ0n) is 11.6. The second-order valence-electron chi connectivity index (χ2n) is 4.76. The van der Waals surface area contributed by atoms with Crippen LogP contribution in [-0.2, 0) is 6.54 Å². The zero-order valence-corrected chi connectivity index (χ0v) is 11.6. The average Bonchev–Trinajstić information content (AvgIpc) is 2.43. The van der Waals surface area contributed by atoms with Crippen molar-refractivity contribution in [3.05, 3.63) is 59.7 Å². The van der Waals surface area contributed by atoms with E-state index in [2.05, 4.69) is 15.3 Å². The van der Waals surface area contributed by atoms with E-state index in [0.29, 0.717) is 17.1 Å². The minimum absolute atomic E-state index is 0.263. The topological polar surface area (TPSA) is 37.8 Å². The van der Waals surface area contributed by atoms with Crippen LogP contribution in [0.2, 0.25) is 0 Å². The highest BCUT2D eigenvalue weighted by molar-refractivity contribution is 5.19. The molecule has 0 spiro atoms. The number of halogens is 3. The molecule has 1 aromatic carbocycles. The van der Waals surface area contributed by atoms with Gasteiger partial charge < -0.3 is 5.32 Å². The number of benzene rings is 1. The summed E-state index contributed by atoms with van der Waals surface area (Å²) in [4.78, 5) is 8.15. The van der Waals surface area contributed by atoms with Crippen LogP contribution in [-0.4, -0.2) is 16.1 Å². The number of nitrogens with one attached hydrogen (secondary N) is 1. The van der Waals surface area contributed by atoms with E-state index in [4.69, 9.17) is 0 Å². The molecular weight excluding hydrogens is 279 g/mol. The molecule has 0 saturated carbocycles. The van der Waals surface area contributed by atoms with Crippen LogP contribution in [0.3, 0.4) is 0 Å². The first-order valence-corrected chi connectivity index (χ1v) is 6.57. The van der Waals surface area contributed by atoms with Crippen molar-refractivity contribution in [2.24, 2.45) is 0 Å². The van der Waals surface area contributed by atoms with Gasteiger partial charge in [-0.2, -0.15) is 13.2 Å². The van der Waals surface area contributed by atoms with Crippen LogP contribution in [0.1, 0.15) is 29.5 Å². The Morgan fingerprint density at radius 1 is 1.14 bits per heavy atom. The smallest absolute Gasteiger partial charge is 0.304 e. The summed E-state index contributed by atoms with van der Waals surface area (Å²) in [7, 11) is 0. The summed E-state index contributed by atoms with van der Waals surface area (Å²) in [6.45, 7) is 2.01. The summed E-state index contributed by atoms with van der Waals surface area (Å²) < 4.78 is 38.1. The number of alkyl halides is 3. The standard InChI is InChI=1S/C15H16F3N3/c1-11-19-8-7-13(21-11)10-20-14(9-15(16,17)18)12-5-3-2-4-6-12/h2-8,14,20H,9-10H2,1H3. The SMILES string of the molecule is Cc1nccc(CNC(CC(F)(F)F)c2ccccc2)n1.